The van der Waals surface area contributed by atoms with Crippen LogP contribution in [0.3, 0.4) is 0 Å². The summed E-state index contributed by atoms with van der Waals surface area (Å²) in [4.78, 5) is 0. The fourth-order valence-electron chi connectivity index (χ4n) is 3.54. The normalized spacial score (nSPS) is 12.4. The van der Waals surface area contributed by atoms with Crippen LogP contribution in [0.4, 0.5) is 0 Å². The lowest BCUT2D eigenvalue weighted by molar-refractivity contribution is -0.112. The van der Waals surface area contributed by atoms with Crippen LogP contribution in [-0.4, -0.2) is 11.4 Å². The average molecular weight is 377 g/mol. The highest BCUT2D eigenvalue weighted by molar-refractivity contribution is 5.13. The Balaban J connectivity index is 1.76. The summed E-state index contributed by atoms with van der Waals surface area (Å²) in [7, 11) is 0. The van der Waals surface area contributed by atoms with Gasteiger partial charge >= 0.3 is 0 Å². The number of benzene rings is 1. The second kappa shape index (κ2) is 18.5. The summed E-state index contributed by atoms with van der Waals surface area (Å²) < 4.78 is 5.50. The van der Waals surface area contributed by atoms with Gasteiger partial charge in [0.05, 0.1) is 6.61 Å². The van der Waals surface area contributed by atoms with E-state index in [1.807, 2.05) is 30.3 Å². The quantitative estimate of drug-likeness (QED) is 0.197. The van der Waals surface area contributed by atoms with Gasteiger partial charge in [-0.2, -0.15) is 0 Å². The van der Waals surface area contributed by atoms with Gasteiger partial charge in [0.2, 0.25) is 0 Å². The summed E-state index contributed by atoms with van der Waals surface area (Å²) in [5.41, 5.74) is 1.12. The Morgan fingerprint density at radius 1 is 0.667 bits per heavy atom. The summed E-state index contributed by atoms with van der Waals surface area (Å²) >= 11 is 0. The molecule has 0 heterocycles. The Bertz CT molecular complexity index is 404. The fraction of sp³-hybridized carbons (Fsp3) is 0.760. The van der Waals surface area contributed by atoms with Crippen LogP contribution in [0.15, 0.2) is 30.3 Å². The van der Waals surface area contributed by atoms with E-state index in [4.69, 9.17) is 4.74 Å². The van der Waals surface area contributed by atoms with Crippen LogP contribution in [-0.2, 0) is 11.3 Å². The van der Waals surface area contributed by atoms with E-state index in [0.29, 0.717) is 6.61 Å². The highest BCUT2D eigenvalue weighted by atomic mass is 16.6. The predicted octanol–water partition coefficient (Wildman–Crippen LogP) is 7.78. The maximum Gasteiger partial charge on any atom is 0.154 e. The van der Waals surface area contributed by atoms with Crippen molar-refractivity contribution in [3.63, 3.8) is 0 Å². The lowest BCUT2D eigenvalue weighted by atomic mass is 10.0. The smallest absolute Gasteiger partial charge is 0.154 e. The minimum atomic E-state index is -0.618. The monoisotopic (exact) mass is 376 g/mol. The second-order valence-corrected chi connectivity index (χ2v) is 7.99. The van der Waals surface area contributed by atoms with E-state index < -0.39 is 6.29 Å². The number of rotatable bonds is 19. The van der Waals surface area contributed by atoms with Crippen LogP contribution in [0.5, 0.6) is 0 Å². The molecular weight excluding hydrogens is 332 g/mol. The van der Waals surface area contributed by atoms with Crippen molar-refractivity contribution in [2.45, 2.75) is 123 Å². The van der Waals surface area contributed by atoms with Crippen LogP contribution >= 0.6 is 0 Å². The molecule has 2 nitrogen and oxygen atoms in total. The Kier molecular flexibility index (Phi) is 16.6. The van der Waals surface area contributed by atoms with Gasteiger partial charge in [0, 0.05) is 0 Å². The molecule has 0 amide bonds. The number of ether oxygens (including phenoxy) is 1. The van der Waals surface area contributed by atoms with Crippen molar-refractivity contribution in [2.24, 2.45) is 0 Å². The molecule has 0 aromatic heterocycles. The lowest BCUT2D eigenvalue weighted by Crippen LogP contribution is -2.11. The van der Waals surface area contributed by atoms with E-state index in [2.05, 4.69) is 6.92 Å². The molecule has 1 unspecified atom stereocenters. The van der Waals surface area contributed by atoms with Crippen molar-refractivity contribution in [3.8, 4) is 0 Å². The molecule has 2 heteroatoms. The number of unbranched alkanes of at least 4 members (excludes halogenated alkanes) is 14. The zero-order chi connectivity index (χ0) is 19.4. The highest BCUT2D eigenvalue weighted by Crippen LogP contribution is 2.14. The molecule has 0 radical (unpaired) electrons. The van der Waals surface area contributed by atoms with E-state index in [9.17, 15) is 5.11 Å². The molecule has 0 saturated heterocycles. The molecule has 1 atom stereocenters. The fourth-order valence-corrected chi connectivity index (χ4v) is 3.54. The lowest BCUT2D eigenvalue weighted by Gasteiger charge is -2.12. The first kappa shape index (κ1) is 24.2. The van der Waals surface area contributed by atoms with Crippen LogP contribution in [0.25, 0.3) is 0 Å². The standard InChI is InChI=1S/C25H44O2/c1-2-3-4-5-6-7-8-9-10-11-12-13-14-15-19-22-25(26)27-23-24-20-17-16-18-21-24/h16-18,20-21,25-26H,2-15,19,22-23H2,1H3. The van der Waals surface area contributed by atoms with E-state index in [1.54, 1.807) is 0 Å². The van der Waals surface area contributed by atoms with Crippen LogP contribution < -0.4 is 0 Å². The third-order valence-corrected chi connectivity index (χ3v) is 5.34. The number of hydrogen-bond acceptors (Lipinski definition) is 2. The topological polar surface area (TPSA) is 29.5 Å². The minimum Gasteiger partial charge on any atom is -0.368 e. The summed E-state index contributed by atoms with van der Waals surface area (Å²) in [6.07, 6.45) is 20.7. The zero-order valence-electron chi connectivity index (χ0n) is 17.8. The molecular formula is C25H44O2. The molecule has 0 aliphatic rings. The zero-order valence-corrected chi connectivity index (χ0v) is 17.8. The van der Waals surface area contributed by atoms with Gasteiger partial charge in [-0.25, -0.2) is 0 Å². The highest BCUT2D eigenvalue weighted by Gasteiger charge is 2.04. The molecule has 156 valence electrons. The molecule has 1 rings (SSSR count). The van der Waals surface area contributed by atoms with Crippen LogP contribution in [0.1, 0.15) is 115 Å². The van der Waals surface area contributed by atoms with Crippen molar-refractivity contribution in [1.82, 2.24) is 0 Å². The summed E-state index contributed by atoms with van der Waals surface area (Å²) in [5, 5.41) is 9.89. The third kappa shape index (κ3) is 15.9. The summed E-state index contributed by atoms with van der Waals surface area (Å²) in [6.45, 7) is 2.78. The Hall–Kier alpha value is -0.860. The molecule has 1 aromatic carbocycles. The van der Waals surface area contributed by atoms with E-state index >= 15 is 0 Å². The molecule has 0 saturated carbocycles. The minimum absolute atomic E-state index is 0.501. The SMILES string of the molecule is CCCCCCCCCCCCCCCCCC(O)OCc1ccccc1. The van der Waals surface area contributed by atoms with Crippen LogP contribution in [0, 0.1) is 0 Å². The van der Waals surface area contributed by atoms with Crippen molar-refractivity contribution in [3.05, 3.63) is 35.9 Å². The first-order valence-electron chi connectivity index (χ1n) is 11.7. The van der Waals surface area contributed by atoms with Gasteiger partial charge in [-0.1, -0.05) is 127 Å². The molecule has 0 bridgehead atoms. The molecule has 27 heavy (non-hydrogen) atoms. The second-order valence-electron chi connectivity index (χ2n) is 7.99. The number of hydrogen-bond donors (Lipinski definition) is 1. The molecule has 0 aliphatic heterocycles. The largest absolute Gasteiger partial charge is 0.368 e. The van der Waals surface area contributed by atoms with E-state index in [1.165, 1.54) is 89.9 Å². The maximum atomic E-state index is 9.89. The van der Waals surface area contributed by atoms with Gasteiger partial charge in [0.1, 0.15) is 0 Å². The maximum absolute atomic E-state index is 9.89. The van der Waals surface area contributed by atoms with Gasteiger partial charge in [0.25, 0.3) is 0 Å². The van der Waals surface area contributed by atoms with Crippen molar-refractivity contribution < 1.29 is 9.84 Å². The van der Waals surface area contributed by atoms with Gasteiger partial charge in [-0.05, 0) is 18.4 Å². The van der Waals surface area contributed by atoms with E-state index in [0.717, 1.165) is 18.4 Å². The first-order valence-corrected chi connectivity index (χ1v) is 11.7. The summed E-state index contributed by atoms with van der Waals surface area (Å²) in [5.74, 6) is 0. The van der Waals surface area contributed by atoms with Crippen molar-refractivity contribution in [2.75, 3.05) is 0 Å². The van der Waals surface area contributed by atoms with Gasteiger partial charge in [-0.15, -0.1) is 0 Å². The van der Waals surface area contributed by atoms with Crippen molar-refractivity contribution in [1.29, 1.82) is 0 Å². The van der Waals surface area contributed by atoms with Crippen molar-refractivity contribution >= 4 is 0 Å². The molecule has 0 aliphatic carbocycles. The number of aliphatic hydroxyl groups is 1. The Labute approximate surface area is 168 Å². The molecule has 0 spiro atoms. The van der Waals surface area contributed by atoms with Gasteiger partial charge in [-0.3, -0.25) is 0 Å². The Morgan fingerprint density at radius 2 is 1.11 bits per heavy atom. The average Bonchev–Trinajstić information content (AvgIpc) is 2.70. The molecule has 1 aromatic rings. The van der Waals surface area contributed by atoms with E-state index in [-0.39, 0.29) is 0 Å². The van der Waals surface area contributed by atoms with Gasteiger partial charge in [0.15, 0.2) is 6.29 Å². The Morgan fingerprint density at radius 3 is 1.59 bits per heavy atom. The predicted molar refractivity (Wildman–Crippen MR) is 117 cm³/mol. The molecule has 1 N–H and O–H groups in total. The van der Waals surface area contributed by atoms with Gasteiger partial charge < -0.3 is 9.84 Å². The third-order valence-electron chi connectivity index (χ3n) is 5.34. The summed E-state index contributed by atoms with van der Waals surface area (Å²) in [6, 6.07) is 10.1. The van der Waals surface area contributed by atoms with Crippen LogP contribution in [0.2, 0.25) is 0 Å². The number of aliphatic hydroxyl groups excluding tert-OH is 1. The first-order chi connectivity index (χ1) is 13.3. The molecule has 0 fully saturated rings.